The molecule has 1 saturated heterocycles. The molecule has 0 spiro atoms. The summed E-state index contributed by atoms with van der Waals surface area (Å²) < 4.78 is 2.02. The molecule has 3 aliphatic heterocycles. The van der Waals surface area contributed by atoms with Gasteiger partial charge in [0.05, 0.1) is 17.2 Å². The normalized spacial score (nSPS) is 24.3. The number of imidazole rings is 1. The number of hydrogen-bond donors (Lipinski definition) is 1. The van der Waals surface area contributed by atoms with Crippen LogP contribution in [-0.2, 0) is 4.79 Å². The van der Waals surface area contributed by atoms with Crippen molar-refractivity contribution in [2.45, 2.75) is 25.5 Å². The van der Waals surface area contributed by atoms with E-state index < -0.39 is 0 Å². The second kappa shape index (κ2) is 6.70. The Labute approximate surface area is 159 Å². The molecule has 0 aromatic carbocycles. The van der Waals surface area contributed by atoms with E-state index in [1.165, 1.54) is 0 Å². The number of nitrogens with one attached hydrogen (secondary N) is 1. The van der Waals surface area contributed by atoms with Gasteiger partial charge >= 0.3 is 0 Å². The lowest BCUT2D eigenvalue weighted by atomic mass is 9.94. The summed E-state index contributed by atoms with van der Waals surface area (Å²) in [6.45, 7) is 4.04. The summed E-state index contributed by atoms with van der Waals surface area (Å²) in [6, 6.07) is 4.06. The van der Waals surface area contributed by atoms with Gasteiger partial charge in [0.2, 0.25) is 0 Å². The van der Waals surface area contributed by atoms with E-state index >= 15 is 0 Å². The number of aliphatic imine (C=N–C) groups is 1. The van der Waals surface area contributed by atoms with Gasteiger partial charge in [-0.3, -0.25) is 9.79 Å². The first-order valence-electron chi connectivity index (χ1n) is 9.40. The molecule has 27 heavy (non-hydrogen) atoms. The van der Waals surface area contributed by atoms with Crippen LogP contribution in [0.4, 0.5) is 0 Å². The second-order valence-electron chi connectivity index (χ2n) is 7.31. The van der Waals surface area contributed by atoms with Crippen molar-refractivity contribution in [1.29, 1.82) is 0 Å². The van der Waals surface area contributed by atoms with Gasteiger partial charge in [0.15, 0.2) is 0 Å². The Morgan fingerprint density at radius 1 is 1.22 bits per heavy atom. The van der Waals surface area contributed by atoms with Crippen molar-refractivity contribution in [3.05, 3.63) is 53.8 Å². The van der Waals surface area contributed by atoms with Crippen molar-refractivity contribution < 1.29 is 4.79 Å². The minimum Gasteiger partial charge on any atom is -0.317 e. The van der Waals surface area contributed by atoms with E-state index in [0.29, 0.717) is 14.5 Å². The number of amides is 1. The van der Waals surface area contributed by atoms with Gasteiger partial charge in [-0.2, -0.15) is 0 Å². The number of nitrogens with zero attached hydrogens (tertiary/aromatic N) is 4. The molecule has 0 saturated carbocycles. The van der Waals surface area contributed by atoms with Gasteiger partial charge in [-0.05, 0) is 55.9 Å². The fourth-order valence-electron chi connectivity index (χ4n) is 3.96. The number of pyridine rings is 1. The smallest absolute Gasteiger partial charge is 0.252 e. The Morgan fingerprint density at radius 2 is 2.07 bits per heavy atom. The average Bonchev–Trinajstić information content (AvgIpc) is 3.07. The molecule has 3 aliphatic rings. The van der Waals surface area contributed by atoms with E-state index in [9.17, 15) is 4.79 Å². The van der Waals surface area contributed by atoms with E-state index in [-0.39, 0.29) is 11.7 Å². The highest BCUT2D eigenvalue weighted by atomic mass is 31.1. The summed E-state index contributed by atoms with van der Waals surface area (Å²) in [5.41, 5.74) is 4.05. The molecular weight excluding hydrogens is 357 g/mol. The summed E-state index contributed by atoms with van der Waals surface area (Å²) in [7, 11) is 0.489. The largest absolute Gasteiger partial charge is 0.317 e. The molecule has 7 heteroatoms. The Morgan fingerprint density at radius 3 is 2.93 bits per heavy atom. The van der Waals surface area contributed by atoms with Crippen molar-refractivity contribution in [1.82, 2.24) is 19.6 Å². The van der Waals surface area contributed by atoms with Crippen molar-refractivity contribution in [3.63, 3.8) is 0 Å². The summed E-state index contributed by atoms with van der Waals surface area (Å²) in [6.07, 6.45) is 12.0. The molecule has 6 nitrogen and oxygen atoms in total. The summed E-state index contributed by atoms with van der Waals surface area (Å²) >= 11 is 0. The molecule has 2 aromatic rings. The molecule has 2 aromatic heterocycles. The van der Waals surface area contributed by atoms with Crippen LogP contribution in [0, 0.1) is 12.8 Å². The van der Waals surface area contributed by atoms with Crippen LogP contribution in [0.2, 0.25) is 0 Å². The molecule has 1 N–H and O–H groups in total. The first-order chi connectivity index (χ1) is 13.2. The number of aromatic nitrogens is 2. The molecule has 2 unspecified atom stereocenters. The molecule has 0 aliphatic carbocycles. The molecule has 0 radical (unpaired) electrons. The van der Waals surface area contributed by atoms with Crippen molar-refractivity contribution in [2.75, 3.05) is 13.1 Å². The van der Waals surface area contributed by atoms with Crippen LogP contribution in [0.1, 0.15) is 24.1 Å². The molecule has 138 valence electrons. The highest BCUT2D eigenvalue weighted by Gasteiger charge is 2.31. The zero-order valence-electron chi connectivity index (χ0n) is 15.2. The van der Waals surface area contributed by atoms with Crippen LogP contribution in [0.25, 0.3) is 11.0 Å². The molecule has 0 bridgehead atoms. The summed E-state index contributed by atoms with van der Waals surface area (Å²) in [5.74, 6) is 0.535. The number of allylic oxidation sites excluding steroid dienone is 1. The lowest BCUT2D eigenvalue weighted by molar-refractivity contribution is -0.123. The quantitative estimate of drug-likeness (QED) is 0.817. The molecule has 5 rings (SSSR count). The van der Waals surface area contributed by atoms with Crippen molar-refractivity contribution in [3.8, 4) is 0 Å². The zero-order chi connectivity index (χ0) is 18.4. The van der Waals surface area contributed by atoms with Crippen LogP contribution in [0.3, 0.4) is 0 Å². The number of carbonyl (C=O) groups is 1. The number of fused-ring (bicyclic) bond motifs is 2. The van der Waals surface area contributed by atoms with Crippen LogP contribution < -0.4 is 5.32 Å². The Kier molecular flexibility index (Phi) is 4.18. The zero-order valence-corrected chi connectivity index (χ0v) is 16.2. The minimum absolute atomic E-state index is 0.0307. The Bertz CT molecular complexity index is 999. The predicted molar refractivity (Wildman–Crippen MR) is 109 cm³/mol. The predicted octanol–water partition coefficient (Wildman–Crippen LogP) is 2.76. The van der Waals surface area contributed by atoms with E-state index in [1.54, 1.807) is 6.08 Å². The Balaban J connectivity index is 1.42. The molecule has 1 fully saturated rings. The average molecular weight is 379 g/mol. The van der Waals surface area contributed by atoms with E-state index in [1.807, 2.05) is 40.9 Å². The lowest BCUT2D eigenvalue weighted by Gasteiger charge is -2.35. The first-order valence-corrected chi connectivity index (χ1v) is 10.5. The van der Waals surface area contributed by atoms with Gasteiger partial charge in [-0.25, -0.2) is 4.98 Å². The van der Waals surface area contributed by atoms with Gasteiger partial charge in [-0.1, -0.05) is 8.58 Å². The summed E-state index contributed by atoms with van der Waals surface area (Å²) in [4.78, 5) is 23.9. The topological polar surface area (TPSA) is 62.0 Å². The molecule has 1 amide bonds. The fourth-order valence-corrected chi connectivity index (χ4v) is 5.29. The molecule has 2 atom stereocenters. The van der Waals surface area contributed by atoms with Crippen LogP contribution >= 0.6 is 8.58 Å². The molecular formula is C20H22N5OP. The van der Waals surface area contributed by atoms with E-state index in [2.05, 4.69) is 22.6 Å². The van der Waals surface area contributed by atoms with E-state index in [4.69, 9.17) is 4.99 Å². The van der Waals surface area contributed by atoms with Crippen LogP contribution in [0.5, 0.6) is 0 Å². The van der Waals surface area contributed by atoms with Crippen LogP contribution in [-0.4, -0.2) is 45.3 Å². The van der Waals surface area contributed by atoms with E-state index in [0.717, 1.165) is 53.8 Å². The van der Waals surface area contributed by atoms with Gasteiger partial charge < -0.3 is 14.6 Å². The lowest BCUT2D eigenvalue weighted by Crippen LogP contribution is -2.39. The monoisotopic (exact) mass is 379 g/mol. The number of piperidine rings is 1. The SMILES string of the molecule is Cc1cn2cc(C3=CC(=O)N4C=C(C5CCNCC5)N=CC4P3)ccc2n1. The Hall–Kier alpha value is -2.30. The molecule has 5 heterocycles. The maximum absolute atomic E-state index is 12.8. The first kappa shape index (κ1) is 16.8. The third-order valence-electron chi connectivity index (χ3n) is 5.40. The van der Waals surface area contributed by atoms with Gasteiger partial charge in [0.1, 0.15) is 5.65 Å². The maximum atomic E-state index is 12.8. The standard InChI is InChI=1S/C20H22N5OP/c1-13-10-24-11-15(2-3-18(24)23-13)17-8-19(26)25-12-16(22-9-20(25)27-17)14-4-6-21-7-5-14/h2-3,8-12,14,20-21,27H,4-7H2,1H3. The second-order valence-corrected chi connectivity index (χ2v) is 8.73. The van der Waals surface area contributed by atoms with Gasteiger partial charge in [0, 0.05) is 36.8 Å². The third-order valence-corrected chi connectivity index (χ3v) is 6.87. The van der Waals surface area contributed by atoms with Crippen molar-refractivity contribution >= 4 is 31.7 Å². The number of carbonyl (C=O) groups excluding carboxylic acids is 1. The fraction of sp³-hybridized carbons (Fsp3) is 0.350. The third kappa shape index (κ3) is 3.13. The number of hydrogen-bond acceptors (Lipinski definition) is 4. The summed E-state index contributed by atoms with van der Waals surface area (Å²) in [5, 5.41) is 4.47. The highest BCUT2D eigenvalue weighted by Crippen LogP contribution is 2.43. The van der Waals surface area contributed by atoms with Crippen LogP contribution in [0.15, 0.2) is 47.5 Å². The maximum Gasteiger partial charge on any atom is 0.252 e. The van der Waals surface area contributed by atoms with Gasteiger partial charge in [-0.15, -0.1) is 0 Å². The number of rotatable bonds is 2. The minimum atomic E-state index is 0.0307. The number of aryl methyl sites for hydroxylation is 1. The highest BCUT2D eigenvalue weighted by molar-refractivity contribution is 7.52. The van der Waals surface area contributed by atoms with Crippen molar-refractivity contribution in [2.24, 2.45) is 10.9 Å². The van der Waals surface area contributed by atoms with Gasteiger partial charge in [0.25, 0.3) is 5.91 Å².